The van der Waals surface area contributed by atoms with E-state index in [0.717, 1.165) is 17.6 Å². The van der Waals surface area contributed by atoms with E-state index in [0.29, 0.717) is 25.0 Å². The fourth-order valence-electron chi connectivity index (χ4n) is 1.92. The van der Waals surface area contributed by atoms with Gasteiger partial charge in [0.2, 0.25) is 0 Å². The highest BCUT2D eigenvalue weighted by Crippen LogP contribution is 2.20. The minimum Gasteiger partial charge on any atom is -0.427 e. The number of ketones is 1. The van der Waals surface area contributed by atoms with Crippen molar-refractivity contribution in [3.63, 3.8) is 0 Å². The molecule has 1 aliphatic carbocycles. The summed E-state index contributed by atoms with van der Waals surface area (Å²) in [7, 11) is 0. The summed E-state index contributed by atoms with van der Waals surface area (Å²) in [6, 6.07) is 7.32. The minimum atomic E-state index is -0.239. The van der Waals surface area contributed by atoms with Crippen LogP contribution in [0.5, 0.6) is 5.75 Å². The molecule has 1 aromatic carbocycles. The predicted octanol–water partition coefficient (Wildman–Crippen LogP) is 2.83. The molecule has 0 N–H and O–H groups in total. The third kappa shape index (κ3) is 3.06. The van der Waals surface area contributed by atoms with E-state index in [-0.39, 0.29) is 11.8 Å². The zero-order chi connectivity index (χ0) is 13.0. The zero-order valence-corrected chi connectivity index (χ0v) is 10.4. The highest BCUT2D eigenvalue weighted by atomic mass is 16.5. The van der Waals surface area contributed by atoms with Crippen LogP contribution in [0.2, 0.25) is 0 Å². The van der Waals surface area contributed by atoms with Gasteiger partial charge in [0.05, 0.1) is 0 Å². The SMILES string of the molecule is CCC(=O)Oc1ccc(CC2=CCCC2=O)cc1. The van der Waals surface area contributed by atoms with Crippen LogP contribution in [0, 0.1) is 0 Å². The van der Waals surface area contributed by atoms with E-state index in [1.165, 1.54) is 0 Å². The van der Waals surface area contributed by atoms with E-state index >= 15 is 0 Å². The van der Waals surface area contributed by atoms with Crippen LogP contribution in [0.3, 0.4) is 0 Å². The lowest BCUT2D eigenvalue weighted by molar-refractivity contribution is -0.134. The van der Waals surface area contributed by atoms with Gasteiger partial charge in [0.25, 0.3) is 0 Å². The summed E-state index contributed by atoms with van der Waals surface area (Å²) in [5, 5.41) is 0. The van der Waals surface area contributed by atoms with Crippen LogP contribution in [-0.4, -0.2) is 11.8 Å². The number of allylic oxidation sites excluding steroid dienone is 2. The number of ether oxygens (including phenoxy) is 1. The molecule has 0 spiro atoms. The van der Waals surface area contributed by atoms with Gasteiger partial charge in [0.15, 0.2) is 5.78 Å². The summed E-state index contributed by atoms with van der Waals surface area (Å²) in [6.07, 6.45) is 4.54. The molecular formula is C15H16O3. The first-order valence-corrected chi connectivity index (χ1v) is 6.21. The van der Waals surface area contributed by atoms with Crippen molar-refractivity contribution in [3.05, 3.63) is 41.5 Å². The molecule has 18 heavy (non-hydrogen) atoms. The summed E-state index contributed by atoms with van der Waals surface area (Å²) >= 11 is 0. The number of carbonyl (C=O) groups is 2. The smallest absolute Gasteiger partial charge is 0.310 e. The number of benzene rings is 1. The van der Waals surface area contributed by atoms with Crippen LogP contribution in [0.25, 0.3) is 0 Å². The highest BCUT2D eigenvalue weighted by molar-refractivity contribution is 5.97. The van der Waals surface area contributed by atoms with Gasteiger partial charge in [-0.3, -0.25) is 9.59 Å². The molecule has 1 aliphatic rings. The highest BCUT2D eigenvalue weighted by Gasteiger charge is 2.14. The maximum Gasteiger partial charge on any atom is 0.310 e. The van der Waals surface area contributed by atoms with E-state index in [1.54, 1.807) is 19.1 Å². The molecule has 0 saturated carbocycles. The van der Waals surface area contributed by atoms with E-state index < -0.39 is 0 Å². The molecule has 1 aromatic rings. The molecule has 0 unspecified atom stereocenters. The van der Waals surface area contributed by atoms with Crippen LogP contribution in [0.1, 0.15) is 31.7 Å². The fraction of sp³-hybridized carbons (Fsp3) is 0.333. The first-order chi connectivity index (χ1) is 8.69. The normalized spacial score (nSPS) is 14.5. The Morgan fingerprint density at radius 2 is 2.00 bits per heavy atom. The number of rotatable bonds is 4. The average Bonchev–Trinajstić information content (AvgIpc) is 2.77. The molecule has 0 radical (unpaired) electrons. The van der Waals surface area contributed by atoms with Gasteiger partial charge < -0.3 is 4.74 Å². The van der Waals surface area contributed by atoms with Crippen molar-refractivity contribution in [3.8, 4) is 5.75 Å². The van der Waals surface area contributed by atoms with Crippen molar-refractivity contribution < 1.29 is 14.3 Å². The Morgan fingerprint density at radius 3 is 2.56 bits per heavy atom. The van der Waals surface area contributed by atoms with Crippen molar-refractivity contribution in [1.29, 1.82) is 0 Å². The van der Waals surface area contributed by atoms with Gasteiger partial charge in [-0.05, 0) is 29.7 Å². The first kappa shape index (κ1) is 12.6. The van der Waals surface area contributed by atoms with E-state index in [2.05, 4.69) is 0 Å². The van der Waals surface area contributed by atoms with Crippen LogP contribution < -0.4 is 4.74 Å². The van der Waals surface area contributed by atoms with Gasteiger partial charge in [0, 0.05) is 19.3 Å². The van der Waals surface area contributed by atoms with Gasteiger partial charge in [-0.25, -0.2) is 0 Å². The Hall–Kier alpha value is -1.90. The standard InChI is InChI=1S/C15H16O3/c1-2-15(17)18-13-8-6-11(7-9-13)10-12-4-3-5-14(12)16/h4,6-9H,2-3,5,10H2,1H3. The maximum absolute atomic E-state index is 11.5. The lowest BCUT2D eigenvalue weighted by atomic mass is 10.0. The summed E-state index contributed by atoms with van der Waals surface area (Å²) in [6.45, 7) is 1.76. The molecule has 0 atom stereocenters. The first-order valence-electron chi connectivity index (χ1n) is 6.21. The van der Waals surface area contributed by atoms with Gasteiger partial charge in [-0.2, -0.15) is 0 Å². The Labute approximate surface area is 106 Å². The number of hydrogen-bond donors (Lipinski definition) is 0. The topological polar surface area (TPSA) is 43.4 Å². The third-order valence-electron chi connectivity index (χ3n) is 2.96. The molecule has 0 aromatic heterocycles. The number of hydrogen-bond acceptors (Lipinski definition) is 3. The molecular weight excluding hydrogens is 228 g/mol. The average molecular weight is 244 g/mol. The summed E-state index contributed by atoms with van der Waals surface area (Å²) in [5.41, 5.74) is 1.96. The van der Waals surface area contributed by atoms with E-state index in [4.69, 9.17) is 4.74 Å². The molecule has 0 aliphatic heterocycles. The second-order valence-electron chi connectivity index (χ2n) is 4.34. The zero-order valence-electron chi connectivity index (χ0n) is 10.4. The fourth-order valence-corrected chi connectivity index (χ4v) is 1.92. The lowest BCUT2D eigenvalue weighted by Gasteiger charge is -2.05. The molecule has 0 heterocycles. The van der Waals surface area contributed by atoms with Crippen LogP contribution >= 0.6 is 0 Å². The summed E-state index contributed by atoms with van der Waals surface area (Å²) in [4.78, 5) is 22.6. The van der Waals surface area contributed by atoms with E-state index in [9.17, 15) is 9.59 Å². The molecule has 0 amide bonds. The van der Waals surface area contributed by atoms with Crippen molar-refractivity contribution in [2.75, 3.05) is 0 Å². The minimum absolute atomic E-state index is 0.239. The molecule has 0 fully saturated rings. The molecule has 3 heteroatoms. The molecule has 94 valence electrons. The summed E-state index contributed by atoms with van der Waals surface area (Å²) < 4.78 is 5.09. The Balaban J connectivity index is 1.99. The number of carbonyl (C=O) groups excluding carboxylic acids is 2. The molecule has 2 rings (SSSR count). The van der Waals surface area contributed by atoms with Crippen molar-refractivity contribution in [1.82, 2.24) is 0 Å². The Morgan fingerprint density at radius 1 is 1.28 bits per heavy atom. The van der Waals surface area contributed by atoms with Crippen LogP contribution in [0.4, 0.5) is 0 Å². The van der Waals surface area contributed by atoms with Crippen molar-refractivity contribution >= 4 is 11.8 Å². The Bertz CT molecular complexity index is 483. The number of Topliss-reactive ketones (excluding diaryl/α,β-unsaturated/α-hetero) is 1. The number of esters is 1. The van der Waals surface area contributed by atoms with Gasteiger partial charge in [-0.15, -0.1) is 0 Å². The largest absolute Gasteiger partial charge is 0.427 e. The second-order valence-corrected chi connectivity index (χ2v) is 4.34. The molecule has 3 nitrogen and oxygen atoms in total. The molecule has 0 bridgehead atoms. The van der Waals surface area contributed by atoms with Crippen molar-refractivity contribution in [2.45, 2.75) is 32.6 Å². The van der Waals surface area contributed by atoms with Crippen LogP contribution in [0.15, 0.2) is 35.9 Å². The van der Waals surface area contributed by atoms with Gasteiger partial charge >= 0.3 is 5.97 Å². The quantitative estimate of drug-likeness (QED) is 0.604. The molecule has 0 saturated heterocycles. The Kier molecular flexibility index (Phi) is 3.92. The van der Waals surface area contributed by atoms with Crippen molar-refractivity contribution in [2.24, 2.45) is 0 Å². The monoisotopic (exact) mass is 244 g/mol. The van der Waals surface area contributed by atoms with E-state index in [1.807, 2.05) is 18.2 Å². The van der Waals surface area contributed by atoms with Gasteiger partial charge in [0.1, 0.15) is 5.75 Å². The second kappa shape index (κ2) is 5.63. The predicted molar refractivity (Wildman–Crippen MR) is 68.4 cm³/mol. The van der Waals surface area contributed by atoms with Crippen LogP contribution in [-0.2, 0) is 16.0 Å². The summed E-state index contributed by atoms with van der Waals surface area (Å²) in [5.74, 6) is 0.560. The lowest BCUT2D eigenvalue weighted by Crippen LogP contribution is -2.05. The third-order valence-corrected chi connectivity index (χ3v) is 2.96. The van der Waals surface area contributed by atoms with Gasteiger partial charge in [-0.1, -0.05) is 25.1 Å². The maximum atomic E-state index is 11.5.